The summed E-state index contributed by atoms with van der Waals surface area (Å²) in [7, 11) is 0. The lowest BCUT2D eigenvalue weighted by molar-refractivity contribution is -0.123. The van der Waals surface area contributed by atoms with Crippen LogP contribution in [0, 0.1) is 6.92 Å². The predicted molar refractivity (Wildman–Crippen MR) is 101 cm³/mol. The van der Waals surface area contributed by atoms with Crippen LogP contribution in [-0.2, 0) is 11.3 Å². The number of rotatable bonds is 6. The Hall–Kier alpha value is -2.37. The minimum atomic E-state index is -0.175. The van der Waals surface area contributed by atoms with Gasteiger partial charge >= 0.3 is 0 Å². The number of aromatic nitrogens is 1. The molecule has 0 unspecified atom stereocenters. The molecule has 0 saturated heterocycles. The van der Waals surface area contributed by atoms with Crippen molar-refractivity contribution in [3.8, 4) is 17.0 Å². The number of hydrogen-bond acceptors (Lipinski definition) is 4. The molecule has 3 rings (SSSR count). The van der Waals surface area contributed by atoms with E-state index in [1.807, 2.05) is 60.8 Å². The van der Waals surface area contributed by atoms with E-state index in [-0.39, 0.29) is 12.5 Å². The molecule has 0 aliphatic heterocycles. The molecule has 0 atom stereocenters. The predicted octanol–water partition coefficient (Wildman–Crippen LogP) is 4.47. The molecular formula is C19H17ClN2O2S. The molecule has 6 heteroatoms. The van der Waals surface area contributed by atoms with Crippen LogP contribution in [0.3, 0.4) is 0 Å². The van der Waals surface area contributed by atoms with Gasteiger partial charge in [0, 0.05) is 16.0 Å². The number of nitrogens with zero attached hydrogens (tertiary/aromatic N) is 1. The van der Waals surface area contributed by atoms with Gasteiger partial charge in [0.1, 0.15) is 10.8 Å². The molecule has 1 amide bonds. The Morgan fingerprint density at radius 3 is 2.72 bits per heavy atom. The molecule has 0 radical (unpaired) electrons. The number of benzene rings is 2. The molecule has 0 bridgehead atoms. The maximum absolute atomic E-state index is 11.9. The molecule has 128 valence electrons. The largest absolute Gasteiger partial charge is 0.484 e. The lowest BCUT2D eigenvalue weighted by atomic mass is 10.2. The highest BCUT2D eigenvalue weighted by atomic mass is 35.5. The van der Waals surface area contributed by atoms with Gasteiger partial charge in [-0.1, -0.05) is 41.9 Å². The Morgan fingerprint density at radius 1 is 1.20 bits per heavy atom. The standard InChI is InChI=1S/C19H17ClN2O2S/c1-13-4-2-3-5-17(13)24-11-18(23)21-10-19-22-16(12-25-19)14-6-8-15(20)9-7-14/h2-9,12H,10-11H2,1H3,(H,21,23). The molecule has 1 N–H and O–H groups in total. The van der Waals surface area contributed by atoms with Crippen LogP contribution in [0.2, 0.25) is 5.02 Å². The van der Waals surface area contributed by atoms with E-state index in [4.69, 9.17) is 16.3 Å². The topological polar surface area (TPSA) is 51.2 Å². The second-order valence-corrected chi connectivity index (χ2v) is 6.84. The Labute approximate surface area is 155 Å². The normalized spacial score (nSPS) is 10.5. The highest BCUT2D eigenvalue weighted by Gasteiger charge is 2.08. The van der Waals surface area contributed by atoms with Crippen molar-refractivity contribution in [2.45, 2.75) is 13.5 Å². The van der Waals surface area contributed by atoms with E-state index in [1.54, 1.807) is 0 Å². The average Bonchev–Trinajstić information content (AvgIpc) is 3.09. The summed E-state index contributed by atoms with van der Waals surface area (Å²) in [5.74, 6) is 0.545. The van der Waals surface area contributed by atoms with Crippen molar-refractivity contribution >= 4 is 28.8 Å². The van der Waals surface area contributed by atoms with E-state index in [0.29, 0.717) is 11.6 Å². The van der Waals surface area contributed by atoms with Gasteiger partial charge < -0.3 is 10.1 Å². The number of carbonyl (C=O) groups is 1. The molecule has 0 spiro atoms. The highest BCUT2D eigenvalue weighted by molar-refractivity contribution is 7.09. The number of amides is 1. The van der Waals surface area contributed by atoms with Crippen LogP contribution < -0.4 is 10.1 Å². The summed E-state index contributed by atoms with van der Waals surface area (Å²) in [6, 6.07) is 15.1. The molecule has 25 heavy (non-hydrogen) atoms. The molecule has 0 aliphatic rings. The van der Waals surface area contributed by atoms with Crippen LogP contribution in [0.4, 0.5) is 0 Å². The number of aryl methyl sites for hydroxylation is 1. The van der Waals surface area contributed by atoms with E-state index >= 15 is 0 Å². The molecular weight excluding hydrogens is 356 g/mol. The molecule has 0 fully saturated rings. The second-order valence-electron chi connectivity index (χ2n) is 5.46. The summed E-state index contributed by atoms with van der Waals surface area (Å²) in [6.07, 6.45) is 0. The number of ether oxygens (including phenoxy) is 1. The zero-order valence-electron chi connectivity index (χ0n) is 13.7. The lowest BCUT2D eigenvalue weighted by Crippen LogP contribution is -2.28. The van der Waals surface area contributed by atoms with Crippen molar-refractivity contribution < 1.29 is 9.53 Å². The van der Waals surface area contributed by atoms with Gasteiger partial charge in [0.05, 0.1) is 12.2 Å². The Kier molecular flexibility index (Phi) is 5.68. The summed E-state index contributed by atoms with van der Waals surface area (Å²) in [4.78, 5) is 16.5. The van der Waals surface area contributed by atoms with Gasteiger partial charge in [-0.15, -0.1) is 11.3 Å². The first-order chi connectivity index (χ1) is 12.1. The van der Waals surface area contributed by atoms with Gasteiger partial charge in [0.2, 0.25) is 0 Å². The average molecular weight is 373 g/mol. The first-order valence-electron chi connectivity index (χ1n) is 7.77. The second kappa shape index (κ2) is 8.14. The smallest absolute Gasteiger partial charge is 0.258 e. The van der Waals surface area contributed by atoms with Crippen LogP contribution in [0.15, 0.2) is 53.9 Å². The zero-order chi connectivity index (χ0) is 17.6. The van der Waals surface area contributed by atoms with E-state index in [1.165, 1.54) is 11.3 Å². The monoisotopic (exact) mass is 372 g/mol. The van der Waals surface area contributed by atoms with Crippen molar-refractivity contribution in [2.24, 2.45) is 0 Å². The SMILES string of the molecule is Cc1ccccc1OCC(=O)NCc1nc(-c2ccc(Cl)cc2)cs1. The van der Waals surface area contributed by atoms with Crippen LogP contribution in [0.1, 0.15) is 10.6 Å². The van der Waals surface area contributed by atoms with Crippen LogP contribution in [-0.4, -0.2) is 17.5 Å². The van der Waals surface area contributed by atoms with Gasteiger partial charge in [-0.05, 0) is 30.7 Å². The number of hydrogen-bond donors (Lipinski definition) is 1. The van der Waals surface area contributed by atoms with E-state index in [0.717, 1.165) is 27.6 Å². The third-order valence-corrected chi connectivity index (χ3v) is 4.68. The van der Waals surface area contributed by atoms with Crippen LogP contribution in [0.25, 0.3) is 11.3 Å². The summed E-state index contributed by atoms with van der Waals surface area (Å²) in [6.45, 7) is 2.32. The minimum absolute atomic E-state index is 0.0136. The third kappa shape index (κ3) is 4.81. The first kappa shape index (κ1) is 17.5. The van der Waals surface area contributed by atoms with E-state index in [9.17, 15) is 4.79 Å². The van der Waals surface area contributed by atoms with Gasteiger partial charge in [0.25, 0.3) is 5.91 Å². The number of thiazole rings is 1. The van der Waals surface area contributed by atoms with Gasteiger partial charge in [-0.25, -0.2) is 4.98 Å². The molecule has 4 nitrogen and oxygen atoms in total. The number of nitrogens with one attached hydrogen (secondary N) is 1. The van der Waals surface area contributed by atoms with Crippen LogP contribution in [0.5, 0.6) is 5.75 Å². The molecule has 0 saturated carbocycles. The molecule has 2 aromatic carbocycles. The summed E-state index contributed by atoms with van der Waals surface area (Å²) < 4.78 is 5.53. The van der Waals surface area contributed by atoms with Crippen molar-refractivity contribution in [1.82, 2.24) is 10.3 Å². The quantitative estimate of drug-likeness (QED) is 0.694. The number of para-hydroxylation sites is 1. The van der Waals surface area contributed by atoms with Gasteiger partial charge in [0.15, 0.2) is 6.61 Å². The fraction of sp³-hybridized carbons (Fsp3) is 0.158. The summed E-state index contributed by atoms with van der Waals surface area (Å²) >= 11 is 7.40. The third-order valence-electron chi connectivity index (χ3n) is 3.58. The zero-order valence-corrected chi connectivity index (χ0v) is 15.2. The number of halogens is 1. The molecule has 1 aromatic heterocycles. The fourth-order valence-electron chi connectivity index (χ4n) is 2.23. The lowest BCUT2D eigenvalue weighted by Gasteiger charge is -2.08. The van der Waals surface area contributed by atoms with Gasteiger partial charge in [-0.2, -0.15) is 0 Å². The Morgan fingerprint density at radius 2 is 1.96 bits per heavy atom. The maximum atomic E-state index is 11.9. The Bertz CT molecular complexity index is 862. The van der Waals surface area contributed by atoms with E-state index < -0.39 is 0 Å². The first-order valence-corrected chi connectivity index (χ1v) is 9.03. The minimum Gasteiger partial charge on any atom is -0.484 e. The molecule has 1 heterocycles. The molecule has 3 aromatic rings. The van der Waals surface area contributed by atoms with Gasteiger partial charge in [-0.3, -0.25) is 4.79 Å². The fourth-order valence-corrected chi connectivity index (χ4v) is 3.10. The van der Waals surface area contributed by atoms with E-state index in [2.05, 4.69) is 10.3 Å². The highest BCUT2D eigenvalue weighted by Crippen LogP contribution is 2.23. The van der Waals surface area contributed by atoms with Crippen molar-refractivity contribution in [2.75, 3.05) is 6.61 Å². The summed E-state index contributed by atoms with van der Waals surface area (Å²) in [5, 5.41) is 6.33. The van der Waals surface area contributed by atoms with Crippen molar-refractivity contribution in [3.05, 3.63) is 69.5 Å². The van der Waals surface area contributed by atoms with Crippen molar-refractivity contribution in [3.63, 3.8) is 0 Å². The summed E-state index contributed by atoms with van der Waals surface area (Å²) in [5.41, 5.74) is 2.88. The Balaban J connectivity index is 1.51. The van der Waals surface area contributed by atoms with Crippen molar-refractivity contribution in [1.29, 1.82) is 0 Å². The number of carbonyl (C=O) groups excluding carboxylic acids is 1. The molecule has 0 aliphatic carbocycles. The maximum Gasteiger partial charge on any atom is 0.258 e. The van der Waals surface area contributed by atoms with Crippen LogP contribution >= 0.6 is 22.9 Å².